The molecule has 2 aromatic rings. The third kappa shape index (κ3) is 3.71. The lowest BCUT2D eigenvalue weighted by Gasteiger charge is -2.36. The zero-order chi connectivity index (χ0) is 17.2. The number of hydrogen-bond donors (Lipinski definition) is 2. The molecule has 2 aromatic carbocycles. The second kappa shape index (κ2) is 6.45. The highest BCUT2D eigenvalue weighted by Crippen LogP contribution is 2.31. The van der Waals surface area contributed by atoms with E-state index in [1.54, 1.807) is 0 Å². The molecule has 0 bridgehead atoms. The van der Waals surface area contributed by atoms with Gasteiger partial charge < -0.3 is 15.2 Å². The van der Waals surface area contributed by atoms with Gasteiger partial charge in [0, 0.05) is 12.2 Å². The average Bonchev–Trinajstić information content (AvgIpc) is 2.52. The molecule has 1 aliphatic rings. The van der Waals surface area contributed by atoms with Crippen molar-refractivity contribution in [2.75, 3.05) is 25.1 Å². The normalized spacial score (nSPS) is 16.5. The summed E-state index contributed by atoms with van der Waals surface area (Å²) in [5.74, 6) is 0. The minimum absolute atomic E-state index is 0.294. The number of alkyl halides is 3. The van der Waals surface area contributed by atoms with Crippen LogP contribution in [0.25, 0.3) is 0 Å². The van der Waals surface area contributed by atoms with Gasteiger partial charge in [0.05, 0.1) is 18.8 Å². The summed E-state index contributed by atoms with van der Waals surface area (Å²) < 4.78 is 42.6. The molecular formula is C18H18F3NO2. The number of benzene rings is 2. The molecule has 0 saturated carbocycles. The van der Waals surface area contributed by atoms with Crippen LogP contribution in [0, 0.1) is 0 Å². The van der Waals surface area contributed by atoms with E-state index in [4.69, 9.17) is 4.74 Å². The molecule has 1 saturated heterocycles. The highest BCUT2D eigenvalue weighted by Gasteiger charge is 2.37. The lowest BCUT2D eigenvalue weighted by atomic mass is 9.92. The zero-order valence-corrected chi connectivity index (χ0v) is 12.9. The molecule has 0 aliphatic carbocycles. The topological polar surface area (TPSA) is 41.5 Å². The van der Waals surface area contributed by atoms with Crippen LogP contribution in [-0.2, 0) is 22.9 Å². The predicted octanol–water partition coefficient (Wildman–Crippen LogP) is 3.58. The zero-order valence-electron chi connectivity index (χ0n) is 12.9. The molecule has 3 rings (SSSR count). The van der Waals surface area contributed by atoms with Crippen molar-refractivity contribution in [1.82, 2.24) is 0 Å². The molecule has 3 nitrogen and oxygen atoms in total. The van der Waals surface area contributed by atoms with Crippen molar-refractivity contribution in [2.45, 2.75) is 18.2 Å². The largest absolute Gasteiger partial charge is 0.416 e. The first-order valence-electron chi connectivity index (χ1n) is 7.67. The standard InChI is InChI=1S/C18H18F3NO2/c19-18(20,21)14-6-4-13(5-7-14)8-9-22-16-3-1-2-15(10-16)17(23)11-24-12-17/h1-7,10,22-23H,8-9,11-12H2. The second-order valence-corrected chi connectivity index (χ2v) is 5.98. The van der Waals surface area contributed by atoms with Gasteiger partial charge in [-0.2, -0.15) is 13.2 Å². The van der Waals surface area contributed by atoms with E-state index in [1.807, 2.05) is 24.3 Å². The van der Waals surface area contributed by atoms with Crippen molar-refractivity contribution >= 4 is 5.69 Å². The summed E-state index contributed by atoms with van der Waals surface area (Å²) in [6.45, 7) is 1.17. The number of aliphatic hydroxyl groups is 1. The van der Waals surface area contributed by atoms with Crippen LogP contribution in [0.2, 0.25) is 0 Å². The van der Waals surface area contributed by atoms with Gasteiger partial charge in [-0.05, 0) is 41.8 Å². The van der Waals surface area contributed by atoms with Gasteiger partial charge >= 0.3 is 6.18 Å². The molecule has 1 heterocycles. The van der Waals surface area contributed by atoms with E-state index in [0.717, 1.165) is 28.9 Å². The highest BCUT2D eigenvalue weighted by atomic mass is 19.4. The summed E-state index contributed by atoms with van der Waals surface area (Å²) in [4.78, 5) is 0. The Morgan fingerprint density at radius 2 is 1.79 bits per heavy atom. The van der Waals surface area contributed by atoms with Crippen LogP contribution in [0.1, 0.15) is 16.7 Å². The van der Waals surface area contributed by atoms with E-state index in [-0.39, 0.29) is 0 Å². The van der Waals surface area contributed by atoms with Crippen LogP contribution < -0.4 is 5.32 Å². The Bertz CT molecular complexity index is 694. The molecule has 2 N–H and O–H groups in total. The van der Waals surface area contributed by atoms with Crippen molar-refractivity contribution in [3.63, 3.8) is 0 Å². The maximum atomic E-state index is 12.5. The lowest BCUT2D eigenvalue weighted by Crippen LogP contribution is -2.46. The fourth-order valence-corrected chi connectivity index (χ4v) is 2.59. The fourth-order valence-electron chi connectivity index (χ4n) is 2.59. The Kier molecular flexibility index (Phi) is 4.51. The smallest absolute Gasteiger partial charge is 0.385 e. The molecule has 0 spiro atoms. The molecule has 0 amide bonds. The average molecular weight is 337 g/mol. The predicted molar refractivity (Wildman–Crippen MR) is 84.8 cm³/mol. The van der Waals surface area contributed by atoms with Gasteiger partial charge in [-0.1, -0.05) is 24.3 Å². The molecule has 0 radical (unpaired) electrons. The molecular weight excluding hydrogens is 319 g/mol. The van der Waals surface area contributed by atoms with Crippen LogP contribution in [-0.4, -0.2) is 24.9 Å². The van der Waals surface area contributed by atoms with Gasteiger partial charge in [0.25, 0.3) is 0 Å². The lowest BCUT2D eigenvalue weighted by molar-refractivity contribution is -0.184. The summed E-state index contributed by atoms with van der Waals surface area (Å²) in [5, 5.41) is 13.5. The molecule has 0 aromatic heterocycles. The molecule has 6 heteroatoms. The maximum absolute atomic E-state index is 12.5. The van der Waals surface area contributed by atoms with Crippen LogP contribution in [0.15, 0.2) is 48.5 Å². The van der Waals surface area contributed by atoms with E-state index in [0.29, 0.717) is 26.2 Å². The van der Waals surface area contributed by atoms with E-state index >= 15 is 0 Å². The van der Waals surface area contributed by atoms with Crippen molar-refractivity contribution in [2.24, 2.45) is 0 Å². The van der Waals surface area contributed by atoms with E-state index in [2.05, 4.69) is 5.32 Å². The summed E-state index contributed by atoms with van der Waals surface area (Å²) >= 11 is 0. The molecule has 1 fully saturated rings. The first-order chi connectivity index (χ1) is 11.4. The van der Waals surface area contributed by atoms with Crippen molar-refractivity contribution < 1.29 is 23.0 Å². The van der Waals surface area contributed by atoms with Crippen molar-refractivity contribution in [3.05, 3.63) is 65.2 Å². The SMILES string of the molecule is OC1(c2cccc(NCCc3ccc(C(F)(F)F)cc3)c2)COC1. The minimum atomic E-state index is -4.30. The van der Waals surface area contributed by atoms with E-state index in [1.165, 1.54) is 12.1 Å². The monoisotopic (exact) mass is 337 g/mol. The van der Waals surface area contributed by atoms with Crippen molar-refractivity contribution in [3.8, 4) is 0 Å². The second-order valence-electron chi connectivity index (χ2n) is 5.98. The van der Waals surface area contributed by atoms with Crippen molar-refractivity contribution in [1.29, 1.82) is 0 Å². The number of halogens is 3. The maximum Gasteiger partial charge on any atom is 0.416 e. The number of ether oxygens (including phenoxy) is 1. The fraction of sp³-hybridized carbons (Fsp3) is 0.333. The number of anilines is 1. The summed E-state index contributed by atoms with van der Waals surface area (Å²) in [6, 6.07) is 12.7. The Hall–Kier alpha value is -2.05. The molecule has 0 unspecified atom stereocenters. The van der Waals surface area contributed by atoms with Gasteiger partial charge in [0.2, 0.25) is 0 Å². The summed E-state index contributed by atoms with van der Waals surface area (Å²) in [7, 11) is 0. The number of nitrogens with one attached hydrogen (secondary N) is 1. The van der Waals surface area contributed by atoms with Crippen LogP contribution in [0.4, 0.5) is 18.9 Å². The van der Waals surface area contributed by atoms with Gasteiger partial charge in [0.1, 0.15) is 5.60 Å². The molecule has 1 aliphatic heterocycles. The van der Waals surface area contributed by atoms with Gasteiger partial charge in [-0.3, -0.25) is 0 Å². The Balaban J connectivity index is 1.56. The van der Waals surface area contributed by atoms with Gasteiger partial charge in [-0.25, -0.2) is 0 Å². The Morgan fingerprint density at radius 1 is 1.08 bits per heavy atom. The Morgan fingerprint density at radius 3 is 2.38 bits per heavy atom. The Labute approximate surface area is 138 Å². The van der Waals surface area contributed by atoms with E-state index in [9.17, 15) is 18.3 Å². The van der Waals surface area contributed by atoms with Gasteiger partial charge in [-0.15, -0.1) is 0 Å². The third-order valence-electron chi connectivity index (χ3n) is 4.11. The molecule has 128 valence electrons. The minimum Gasteiger partial charge on any atom is -0.385 e. The first kappa shape index (κ1) is 16.8. The quantitative estimate of drug-likeness (QED) is 0.876. The van der Waals surface area contributed by atoms with Gasteiger partial charge in [0.15, 0.2) is 0 Å². The molecule has 0 atom stereocenters. The number of hydrogen-bond acceptors (Lipinski definition) is 3. The summed E-state index contributed by atoms with van der Waals surface area (Å²) in [5.41, 5.74) is 0.944. The number of rotatable bonds is 5. The first-order valence-corrected chi connectivity index (χ1v) is 7.67. The van der Waals surface area contributed by atoms with Crippen LogP contribution in [0.5, 0.6) is 0 Å². The highest BCUT2D eigenvalue weighted by molar-refractivity contribution is 5.47. The van der Waals surface area contributed by atoms with Crippen LogP contribution in [0.3, 0.4) is 0 Å². The van der Waals surface area contributed by atoms with E-state index < -0.39 is 17.3 Å². The summed E-state index contributed by atoms with van der Waals surface area (Å²) in [6.07, 6.45) is -3.70. The molecule has 24 heavy (non-hydrogen) atoms. The third-order valence-corrected chi connectivity index (χ3v) is 4.11. The van der Waals surface area contributed by atoms with Crippen LogP contribution >= 0.6 is 0 Å².